The molecule has 2 aliphatic heterocycles. The lowest BCUT2D eigenvalue weighted by atomic mass is 9.85. The fourth-order valence-corrected chi connectivity index (χ4v) is 3.18. The first-order chi connectivity index (χ1) is 7.15. The summed E-state index contributed by atoms with van der Waals surface area (Å²) in [6, 6.07) is 0. The van der Waals surface area contributed by atoms with Crippen molar-refractivity contribution in [3.63, 3.8) is 0 Å². The predicted octanol–water partition coefficient (Wildman–Crippen LogP) is 2.68. The first-order valence-electron chi connectivity index (χ1n) is 6.51. The van der Waals surface area contributed by atoms with Crippen LogP contribution in [0.4, 0.5) is 0 Å². The maximum absolute atomic E-state index is 6.36. The van der Waals surface area contributed by atoms with Crippen molar-refractivity contribution in [2.24, 2.45) is 5.92 Å². The summed E-state index contributed by atoms with van der Waals surface area (Å²) in [5, 5.41) is 0. The second-order valence-electron chi connectivity index (χ2n) is 5.61. The van der Waals surface area contributed by atoms with Crippen LogP contribution in [0.25, 0.3) is 0 Å². The lowest BCUT2D eigenvalue weighted by Crippen LogP contribution is -2.42. The van der Waals surface area contributed by atoms with Gasteiger partial charge in [0.05, 0.1) is 11.7 Å². The quantitative estimate of drug-likeness (QED) is 0.696. The van der Waals surface area contributed by atoms with E-state index in [1.54, 1.807) is 0 Å². The van der Waals surface area contributed by atoms with Crippen molar-refractivity contribution in [3.8, 4) is 0 Å². The molecule has 0 N–H and O–H groups in total. The van der Waals surface area contributed by atoms with Crippen molar-refractivity contribution in [1.29, 1.82) is 0 Å². The largest absolute Gasteiger partial charge is 0.371 e. The van der Waals surface area contributed by atoms with Crippen LogP contribution in [-0.4, -0.2) is 36.7 Å². The molecule has 2 rings (SSSR count). The molecule has 0 aromatic carbocycles. The van der Waals surface area contributed by atoms with Crippen molar-refractivity contribution in [3.05, 3.63) is 0 Å². The SMILES string of the molecule is CCCC1OC2(CCN(C)CC2)CC1C. The zero-order chi connectivity index (χ0) is 10.9. The van der Waals surface area contributed by atoms with Gasteiger partial charge < -0.3 is 9.64 Å². The van der Waals surface area contributed by atoms with Crippen LogP contribution in [0.15, 0.2) is 0 Å². The topological polar surface area (TPSA) is 12.5 Å². The molecule has 2 heteroatoms. The molecular weight excluding hydrogens is 186 g/mol. The van der Waals surface area contributed by atoms with E-state index in [1.807, 2.05) is 0 Å². The van der Waals surface area contributed by atoms with Crippen molar-refractivity contribution >= 4 is 0 Å². The molecule has 1 spiro atoms. The minimum absolute atomic E-state index is 0.256. The van der Waals surface area contributed by atoms with Crippen LogP contribution in [-0.2, 0) is 4.74 Å². The van der Waals surface area contributed by atoms with E-state index in [0.717, 1.165) is 5.92 Å². The van der Waals surface area contributed by atoms with E-state index in [1.165, 1.54) is 45.2 Å². The van der Waals surface area contributed by atoms with Gasteiger partial charge in [-0.15, -0.1) is 0 Å². The summed E-state index contributed by atoms with van der Waals surface area (Å²) in [4.78, 5) is 2.42. The monoisotopic (exact) mass is 211 g/mol. The Morgan fingerprint density at radius 3 is 2.60 bits per heavy atom. The van der Waals surface area contributed by atoms with Gasteiger partial charge in [0.1, 0.15) is 0 Å². The average Bonchev–Trinajstić information content (AvgIpc) is 2.50. The molecule has 88 valence electrons. The Balaban J connectivity index is 1.94. The number of ether oxygens (including phenoxy) is 1. The fourth-order valence-electron chi connectivity index (χ4n) is 3.18. The summed E-state index contributed by atoms with van der Waals surface area (Å²) in [5.41, 5.74) is 0.256. The van der Waals surface area contributed by atoms with Gasteiger partial charge in [-0.05, 0) is 38.6 Å². The number of rotatable bonds is 2. The molecule has 0 aromatic heterocycles. The first-order valence-corrected chi connectivity index (χ1v) is 6.51. The Morgan fingerprint density at radius 1 is 1.33 bits per heavy atom. The summed E-state index contributed by atoms with van der Waals surface area (Å²) in [5.74, 6) is 0.772. The van der Waals surface area contributed by atoms with Crippen LogP contribution >= 0.6 is 0 Å². The number of nitrogens with zero attached hydrogens (tertiary/aromatic N) is 1. The standard InChI is InChI=1S/C13H25NO/c1-4-5-12-11(2)10-13(15-12)6-8-14(3)9-7-13/h11-12H,4-10H2,1-3H3. The number of piperidine rings is 1. The van der Waals surface area contributed by atoms with E-state index in [4.69, 9.17) is 4.74 Å². The highest BCUT2D eigenvalue weighted by Gasteiger charge is 2.45. The molecule has 2 saturated heterocycles. The van der Waals surface area contributed by atoms with E-state index in [0.29, 0.717) is 6.10 Å². The minimum atomic E-state index is 0.256. The van der Waals surface area contributed by atoms with E-state index >= 15 is 0 Å². The Bertz CT molecular complexity index is 209. The Kier molecular flexibility index (Phi) is 3.36. The van der Waals surface area contributed by atoms with E-state index in [-0.39, 0.29) is 5.60 Å². The van der Waals surface area contributed by atoms with Gasteiger partial charge in [-0.3, -0.25) is 0 Å². The van der Waals surface area contributed by atoms with Gasteiger partial charge in [0, 0.05) is 13.1 Å². The molecule has 0 amide bonds. The average molecular weight is 211 g/mol. The molecule has 0 aromatic rings. The second-order valence-corrected chi connectivity index (χ2v) is 5.61. The molecule has 2 heterocycles. The normalized spacial score (nSPS) is 36.2. The van der Waals surface area contributed by atoms with Crippen LogP contribution in [0.1, 0.15) is 46.0 Å². The highest BCUT2D eigenvalue weighted by atomic mass is 16.5. The van der Waals surface area contributed by atoms with E-state index in [9.17, 15) is 0 Å². The van der Waals surface area contributed by atoms with Crippen molar-refractivity contribution in [1.82, 2.24) is 4.90 Å². The number of hydrogen-bond donors (Lipinski definition) is 0. The zero-order valence-corrected chi connectivity index (χ0v) is 10.5. The first kappa shape index (κ1) is 11.4. The van der Waals surface area contributed by atoms with E-state index < -0.39 is 0 Å². The molecule has 15 heavy (non-hydrogen) atoms. The third kappa shape index (κ3) is 2.36. The molecule has 2 unspecified atom stereocenters. The predicted molar refractivity (Wildman–Crippen MR) is 63.0 cm³/mol. The lowest BCUT2D eigenvalue weighted by molar-refractivity contribution is -0.0781. The fraction of sp³-hybridized carbons (Fsp3) is 1.00. The van der Waals surface area contributed by atoms with Crippen molar-refractivity contribution in [2.45, 2.75) is 57.7 Å². The van der Waals surface area contributed by atoms with Gasteiger partial charge in [-0.25, -0.2) is 0 Å². The Morgan fingerprint density at radius 2 is 2.00 bits per heavy atom. The zero-order valence-electron chi connectivity index (χ0n) is 10.5. The molecule has 0 aliphatic carbocycles. The van der Waals surface area contributed by atoms with Crippen molar-refractivity contribution < 1.29 is 4.74 Å². The van der Waals surface area contributed by atoms with Gasteiger partial charge in [0.25, 0.3) is 0 Å². The summed E-state index contributed by atoms with van der Waals surface area (Å²) >= 11 is 0. The van der Waals surface area contributed by atoms with Gasteiger partial charge >= 0.3 is 0 Å². The van der Waals surface area contributed by atoms with Crippen LogP contribution < -0.4 is 0 Å². The summed E-state index contributed by atoms with van der Waals surface area (Å²) in [7, 11) is 2.22. The van der Waals surface area contributed by atoms with Crippen LogP contribution in [0.5, 0.6) is 0 Å². The molecular formula is C13H25NO. The highest BCUT2D eigenvalue weighted by Crippen LogP contribution is 2.42. The summed E-state index contributed by atoms with van der Waals surface area (Å²) in [6.45, 7) is 7.06. The molecule has 2 atom stereocenters. The number of likely N-dealkylation sites (tertiary alicyclic amines) is 1. The smallest absolute Gasteiger partial charge is 0.0714 e. The minimum Gasteiger partial charge on any atom is -0.371 e. The molecule has 2 nitrogen and oxygen atoms in total. The maximum atomic E-state index is 6.36. The summed E-state index contributed by atoms with van der Waals surface area (Å²) in [6.07, 6.45) is 6.83. The van der Waals surface area contributed by atoms with E-state index in [2.05, 4.69) is 25.8 Å². The third-order valence-corrected chi connectivity index (χ3v) is 4.20. The van der Waals surface area contributed by atoms with Gasteiger partial charge in [-0.1, -0.05) is 20.3 Å². The Hall–Kier alpha value is -0.0800. The maximum Gasteiger partial charge on any atom is 0.0714 e. The summed E-state index contributed by atoms with van der Waals surface area (Å²) < 4.78 is 6.36. The van der Waals surface area contributed by atoms with Crippen LogP contribution in [0.3, 0.4) is 0 Å². The third-order valence-electron chi connectivity index (χ3n) is 4.20. The number of hydrogen-bond acceptors (Lipinski definition) is 2. The van der Waals surface area contributed by atoms with Crippen LogP contribution in [0, 0.1) is 5.92 Å². The highest BCUT2D eigenvalue weighted by molar-refractivity contribution is 4.95. The lowest BCUT2D eigenvalue weighted by Gasteiger charge is -2.37. The van der Waals surface area contributed by atoms with Crippen LogP contribution in [0.2, 0.25) is 0 Å². The van der Waals surface area contributed by atoms with Gasteiger partial charge in [0.2, 0.25) is 0 Å². The van der Waals surface area contributed by atoms with Gasteiger partial charge in [-0.2, -0.15) is 0 Å². The van der Waals surface area contributed by atoms with Crippen molar-refractivity contribution in [2.75, 3.05) is 20.1 Å². The molecule has 2 aliphatic rings. The molecule has 0 radical (unpaired) electrons. The molecule has 2 fully saturated rings. The second kappa shape index (κ2) is 4.42. The molecule has 0 saturated carbocycles. The van der Waals surface area contributed by atoms with Gasteiger partial charge in [0.15, 0.2) is 0 Å². The molecule has 0 bridgehead atoms. The Labute approximate surface area is 94.0 Å².